The quantitative estimate of drug-likeness (QED) is 0.0465. The highest BCUT2D eigenvalue weighted by atomic mass is 16.8. The highest BCUT2D eigenvalue weighted by Gasteiger charge is 2.59. The Morgan fingerprint density at radius 3 is 1.76 bits per heavy atom. The molecule has 0 spiro atoms. The summed E-state index contributed by atoms with van der Waals surface area (Å²) in [6.07, 6.45) is -26.6. The monoisotopic (exact) mass is 1270 g/mol. The van der Waals surface area contributed by atoms with E-state index in [0.29, 0.717) is 24.8 Å². The molecule has 0 amide bonds. The number of fused-ring (bicyclic) bond motifs is 3. The van der Waals surface area contributed by atoms with Crippen LogP contribution in [0.25, 0.3) is 6.08 Å². The third-order valence-electron chi connectivity index (χ3n) is 17.6. The van der Waals surface area contributed by atoms with Crippen molar-refractivity contribution in [3.8, 4) is 0 Å². The molecule has 0 radical (unpaired) electrons. The van der Waals surface area contributed by atoms with Crippen molar-refractivity contribution in [2.75, 3.05) is 0 Å². The van der Waals surface area contributed by atoms with Gasteiger partial charge in [-0.25, -0.2) is 4.79 Å². The van der Waals surface area contributed by atoms with Crippen molar-refractivity contribution in [1.82, 2.24) is 0 Å². The van der Waals surface area contributed by atoms with Gasteiger partial charge in [0.15, 0.2) is 55.9 Å². The van der Waals surface area contributed by atoms with Gasteiger partial charge in [-0.2, -0.15) is 0 Å². The number of carbonyl (C=O) groups excluding carboxylic acids is 4. The Morgan fingerprint density at radius 1 is 0.528 bits per heavy atom. The Morgan fingerprint density at radius 2 is 1.09 bits per heavy atom. The van der Waals surface area contributed by atoms with Gasteiger partial charge in [0, 0.05) is 12.5 Å². The summed E-state index contributed by atoms with van der Waals surface area (Å²) < 4.78 is 89.2. The summed E-state index contributed by atoms with van der Waals surface area (Å²) in [6, 6.07) is 8.81. The Balaban J connectivity index is 1.27. The van der Waals surface area contributed by atoms with Gasteiger partial charge >= 0.3 is 23.9 Å². The van der Waals surface area contributed by atoms with E-state index < -0.39 is 189 Å². The number of aliphatic hydroxyl groups excluding tert-OH is 7. The van der Waals surface area contributed by atoms with E-state index in [-0.39, 0.29) is 18.9 Å². The molecule has 506 valence electrons. The summed E-state index contributed by atoms with van der Waals surface area (Å²) >= 11 is 0. The summed E-state index contributed by atoms with van der Waals surface area (Å²) in [5, 5.41) is 80.6. The van der Waals surface area contributed by atoms with Crippen molar-refractivity contribution in [1.29, 1.82) is 0 Å². The van der Waals surface area contributed by atoms with Crippen LogP contribution in [0.3, 0.4) is 0 Å². The predicted octanol–water partition coefficient (Wildman–Crippen LogP) is 4.33. The molecule has 6 saturated heterocycles. The second-order valence-electron chi connectivity index (χ2n) is 25.0. The lowest BCUT2D eigenvalue weighted by molar-refractivity contribution is -0.399. The summed E-state index contributed by atoms with van der Waals surface area (Å²) in [4.78, 5) is 55.6. The molecule has 6 heterocycles. The van der Waals surface area contributed by atoms with Gasteiger partial charge in [0.25, 0.3) is 0 Å². The van der Waals surface area contributed by atoms with E-state index in [1.54, 1.807) is 65.0 Å². The van der Waals surface area contributed by atoms with Crippen molar-refractivity contribution < 1.29 is 121 Å². The van der Waals surface area contributed by atoms with Crippen molar-refractivity contribution in [2.45, 2.75) is 319 Å². The number of aliphatic hydroxyl groups is 7. The summed E-state index contributed by atoms with van der Waals surface area (Å²) in [5.41, 5.74) is 0.638. The average molecular weight is 1270 g/mol. The first kappa shape index (κ1) is 72.6. The van der Waals surface area contributed by atoms with Gasteiger partial charge in [-0.05, 0) is 71.9 Å². The lowest BCUT2D eigenvalue weighted by Crippen LogP contribution is -2.68. The topological polar surface area (TPSA) is 339 Å². The minimum Gasteiger partial charge on any atom is -0.456 e. The highest BCUT2D eigenvalue weighted by molar-refractivity contribution is 5.87. The zero-order chi connectivity index (χ0) is 64.8. The van der Waals surface area contributed by atoms with E-state index in [1.807, 2.05) is 0 Å². The molecule has 1 aromatic rings. The molecule has 0 aliphatic carbocycles. The smallest absolute Gasteiger partial charge is 0.331 e. The van der Waals surface area contributed by atoms with E-state index in [0.717, 1.165) is 63.9 Å². The zero-order valence-corrected chi connectivity index (χ0v) is 53.1. The minimum absolute atomic E-state index is 0.0505. The van der Waals surface area contributed by atoms with Crippen molar-refractivity contribution in [3.05, 3.63) is 42.0 Å². The van der Waals surface area contributed by atoms with Gasteiger partial charge in [0.05, 0.1) is 48.5 Å². The molecular weight excluding hydrogens is 1170 g/mol. The van der Waals surface area contributed by atoms with Crippen LogP contribution in [0.5, 0.6) is 0 Å². The van der Waals surface area contributed by atoms with E-state index >= 15 is 0 Å². The summed E-state index contributed by atoms with van der Waals surface area (Å²) in [5.74, 6) is -4.76. The average Bonchev–Trinajstić information content (AvgIpc) is 0.925. The molecule has 1 aromatic carbocycles. The van der Waals surface area contributed by atoms with Crippen LogP contribution in [0.2, 0.25) is 0 Å². The summed E-state index contributed by atoms with van der Waals surface area (Å²) in [7, 11) is 0. The lowest BCUT2D eigenvalue weighted by atomic mass is 9.95. The Kier molecular flexibility index (Phi) is 28.0. The maximum Gasteiger partial charge on any atom is 0.331 e. The number of rotatable bonds is 18. The van der Waals surface area contributed by atoms with Gasteiger partial charge in [0.2, 0.25) is 0 Å². The molecule has 7 N–H and O–H groups in total. The first-order valence-corrected chi connectivity index (χ1v) is 32.3. The molecule has 27 atom stereocenters. The first-order chi connectivity index (χ1) is 42.4. The predicted molar refractivity (Wildman–Crippen MR) is 313 cm³/mol. The zero-order valence-electron chi connectivity index (χ0n) is 53.1. The first-order valence-electron chi connectivity index (χ1n) is 32.3. The van der Waals surface area contributed by atoms with Crippen LogP contribution in [0, 0.1) is 11.8 Å². The molecule has 7 rings (SSSR count). The SMILES string of the molecule is CCCCC[C@H]1CCCCCCCCCC(=O)O[C@H]2[C@@H](O)[C@H](O[C@H]3[C@H](O1)O[C@H](C)[C@H](O)[C@@H]3O)O[C@@H](C)[C@@H]2O[C@@H]1O[C@@H](C)[C@H](O[C@@H]2O[C@@H](C)[C@H](O)[C@@H](OC(=O)C(C)C)[C@H]2OC(=O)C=Cc2ccccc2)[C@@H](O[C@@H]2O[C@@H](C)[C@H](O)[C@@H](O)[C@H]2O)[C@H]1OC(=O)[C@@H](C)CC. The van der Waals surface area contributed by atoms with Crippen LogP contribution in [0.15, 0.2) is 36.4 Å². The molecule has 89 heavy (non-hydrogen) atoms. The molecule has 0 saturated carbocycles. The van der Waals surface area contributed by atoms with E-state index in [4.69, 9.17) is 66.3 Å². The Hall–Kier alpha value is -3.84. The van der Waals surface area contributed by atoms with E-state index in [1.165, 1.54) is 33.8 Å². The van der Waals surface area contributed by atoms with Crippen LogP contribution >= 0.6 is 0 Å². The van der Waals surface area contributed by atoms with Crippen LogP contribution in [0.1, 0.15) is 165 Å². The number of ether oxygens (including phenoxy) is 14. The van der Waals surface area contributed by atoms with E-state index in [9.17, 15) is 54.9 Å². The molecule has 0 unspecified atom stereocenters. The fourth-order valence-electron chi connectivity index (χ4n) is 11.7. The van der Waals surface area contributed by atoms with Crippen LogP contribution in [-0.4, -0.2) is 219 Å². The van der Waals surface area contributed by atoms with E-state index in [2.05, 4.69) is 6.92 Å². The molecule has 6 aliphatic rings. The highest BCUT2D eigenvalue weighted by Crippen LogP contribution is 2.40. The van der Waals surface area contributed by atoms with Crippen molar-refractivity contribution >= 4 is 30.0 Å². The fourth-order valence-corrected chi connectivity index (χ4v) is 11.7. The molecule has 25 nitrogen and oxygen atoms in total. The molecule has 2 bridgehead atoms. The normalized spacial score (nSPS) is 41.0. The molecule has 0 aromatic heterocycles. The largest absolute Gasteiger partial charge is 0.456 e. The maximum atomic E-state index is 14.3. The van der Waals surface area contributed by atoms with Gasteiger partial charge in [-0.1, -0.05) is 123 Å². The van der Waals surface area contributed by atoms with Gasteiger partial charge < -0.3 is 102 Å². The molecule has 6 fully saturated rings. The second kappa shape index (κ2) is 34.4. The third kappa shape index (κ3) is 19.2. The Bertz CT molecular complexity index is 2360. The number of esters is 4. The second-order valence-corrected chi connectivity index (χ2v) is 25.0. The van der Waals surface area contributed by atoms with Crippen molar-refractivity contribution in [2.24, 2.45) is 11.8 Å². The number of unbranched alkanes of at least 4 members (excludes halogenated alkanes) is 2. The number of hydrogen-bond acceptors (Lipinski definition) is 25. The number of hydrogen-bond donors (Lipinski definition) is 7. The van der Waals surface area contributed by atoms with Crippen molar-refractivity contribution in [3.63, 3.8) is 0 Å². The van der Waals surface area contributed by atoms with Gasteiger partial charge in [-0.15, -0.1) is 0 Å². The van der Waals surface area contributed by atoms with Crippen LogP contribution in [-0.2, 0) is 85.5 Å². The minimum atomic E-state index is -1.96. The van der Waals surface area contributed by atoms with Gasteiger partial charge in [0.1, 0.15) is 67.1 Å². The number of benzene rings is 1. The van der Waals surface area contributed by atoms with Crippen LogP contribution in [0.4, 0.5) is 0 Å². The molecular formula is C64H100O25. The fraction of sp³-hybridized carbons (Fsp3) is 0.812. The maximum absolute atomic E-state index is 14.3. The molecule has 25 heteroatoms. The summed E-state index contributed by atoms with van der Waals surface area (Å²) in [6.45, 7) is 16.1. The third-order valence-corrected chi connectivity index (χ3v) is 17.6. The lowest BCUT2D eigenvalue weighted by Gasteiger charge is -2.51. The van der Waals surface area contributed by atoms with Gasteiger partial charge in [-0.3, -0.25) is 14.4 Å². The standard InChI is InChI=1S/C64H100O25/c1-11-13-20-27-40-28-23-17-15-14-16-18-24-29-41(65)82-53-49(73)61(88-54-47(71)44(68)35(7)77-62(54)81-40)79-37(9)50(53)86-64-57(85-59(75)33(5)12-2)55(89-60-48(72)46(70)43(67)34(6)76-60)51(38(10)80-64)87-63-56(83-42(66)31-30-39-25-21-19-22-26-39)52(45(69)36(8)78-63)84-58(74)32(3)4/h19,21-22,25-26,30-38,40,43-57,60-64,67-73H,11-18,20,23-24,27-29H2,1-10H3/t33-,34-,35+,36-,37-,38-,40-,43-,44-,45-,46+,47-,48+,49+,50-,51-,52+,53-,54+,55+,56+,57+,60-,61-,62-,63-,64-/m0/s1. The Labute approximate surface area is 522 Å². The molecule has 6 aliphatic heterocycles. The van der Waals surface area contributed by atoms with Crippen LogP contribution < -0.4 is 0 Å². The number of carbonyl (C=O) groups is 4.